The number of amides is 2. The lowest BCUT2D eigenvalue weighted by Gasteiger charge is -2.52. The van der Waals surface area contributed by atoms with Crippen molar-refractivity contribution in [2.75, 3.05) is 19.7 Å². The Bertz CT molecular complexity index is 871. The highest BCUT2D eigenvalue weighted by Gasteiger charge is 2.49. The molecule has 2 heterocycles. The molecule has 0 aliphatic carbocycles. The van der Waals surface area contributed by atoms with Crippen molar-refractivity contribution in [3.8, 4) is 0 Å². The Kier molecular flexibility index (Phi) is 4.89. The summed E-state index contributed by atoms with van der Waals surface area (Å²) >= 11 is 0. The fourth-order valence-corrected chi connectivity index (χ4v) is 4.18. The van der Waals surface area contributed by atoms with Gasteiger partial charge in [-0.2, -0.15) is 0 Å². The number of morpholine rings is 1. The minimum absolute atomic E-state index is 0.0123. The normalized spacial score (nSPS) is 24.8. The smallest absolute Gasteiger partial charge is 0.253 e. The molecule has 4 rings (SSSR count). The van der Waals surface area contributed by atoms with Crippen LogP contribution in [0.2, 0.25) is 0 Å². The lowest BCUT2D eigenvalue weighted by atomic mass is 9.85. The molecule has 0 bridgehead atoms. The number of hydrogen-bond acceptors (Lipinski definition) is 3. The third-order valence-corrected chi connectivity index (χ3v) is 5.68. The van der Waals surface area contributed by atoms with Gasteiger partial charge in [-0.15, -0.1) is 0 Å². The quantitative estimate of drug-likeness (QED) is 0.820. The summed E-state index contributed by atoms with van der Waals surface area (Å²) in [5.41, 5.74) is 0.901. The lowest BCUT2D eigenvalue weighted by Crippen LogP contribution is -2.67. The summed E-state index contributed by atoms with van der Waals surface area (Å²) in [5, 5.41) is 0. The first-order valence-corrected chi connectivity index (χ1v) is 9.48. The molecule has 28 heavy (non-hydrogen) atoms. The van der Waals surface area contributed by atoms with Crippen molar-refractivity contribution in [3.63, 3.8) is 0 Å². The molecule has 0 saturated carbocycles. The Balaban J connectivity index is 1.52. The SMILES string of the molecule is C[C@@]12CN(C(=O)c3ccc(F)cc3)CC[C@H]1N(Cc1ccccc1)C(=O)CO2. The summed E-state index contributed by atoms with van der Waals surface area (Å²) in [6.07, 6.45) is 0.641. The lowest BCUT2D eigenvalue weighted by molar-refractivity contribution is -0.186. The van der Waals surface area contributed by atoms with E-state index in [0.717, 1.165) is 5.56 Å². The summed E-state index contributed by atoms with van der Waals surface area (Å²) in [6.45, 7) is 3.44. The number of halogens is 1. The van der Waals surface area contributed by atoms with Crippen LogP contribution in [-0.4, -0.2) is 53.0 Å². The third-order valence-electron chi connectivity index (χ3n) is 5.68. The molecule has 2 atom stereocenters. The zero-order valence-electron chi connectivity index (χ0n) is 15.8. The van der Waals surface area contributed by atoms with Gasteiger partial charge >= 0.3 is 0 Å². The van der Waals surface area contributed by atoms with E-state index in [4.69, 9.17) is 4.74 Å². The highest BCUT2D eigenvalue weighted by Crippen LogP contribution is 2.34. The molecular formula is C22H23FN2O3. The molecular weight excluding hydrogens is 359 g/mol. The van der Waals surface area contributed by atoms with E-state index in [1.165, 1.54) is 24.3 Å². The fourth-order valence-electron chi connectivity index (χ4n) is 4.18. The van der Waals surface area contributed by atoms with Crippen molar-refractivity contribution in [2.45, 2.75) is 31.5 Å². The summed E-state index contributed by atoms with van der Waals surface area (Å²) < 4.78 is 19.1. The first kappa shape index (κ1) is 18.6. The molecule has 0 radical (unpaired) electrons. The standard InChI is InChI=1S/C22H23FN2O3/c1-22-15-24(21(27)17-7-9-18(23)10-8-17)12-11-19(22)25(20(26)14-28-22)13-16-5-3-2-4-6-16/h2-10,19H,11-15H2,1H3/t19-,22-/m1/s1. The van der Waals surface area contributed by atoms with Crippen molar-refractivity contribution in [2.24, 2.45) is 0 Å². The summed E-state index contributed by atoms with van der Waals surface area (Å²) in [5.74, 6) is -0.535. The van der Waals surface area contributed by atoms with Crippen molar-refractivity contribution < 1.29 is 18.7 Å². The van der Waals surface area contributed by atoms with Gasteiger partial charge in [0.05, 0.1) is 12.6 Å². The van der Waals surface area contributed by atoms with Gasteiger partial charge in [0, 0.05) is 18.7 Å². The Labute approximate surface area is 163 Å². The maximum Gasteiger partial charge on any atom is 0.253 e. The van der Waals surface area contributed by atoms with Gasteiger partial charge in [0.15, 0.2) is 0 Å². The van der Waals surface area contributed by atoms with E-state index in [9.17, 15) is 14.0 Å². The van der Waals surface area contributed by atoms with Gasteiger partial charge in [-0.05, 0) is 43.2 Å². The van der Waals surface area contributed by atoms with E-state index in [1.54, 1.807) is 4.90 Å². The topological polar surface area (TPSA) is 49.9 Å². The predicted octanol–water partition coefficient (Wildman–Crippen LogP) is 2.86. The van der Waals surface area contributed by atoms with Crippen LogP contribution in [-0.2, 0) is 16.1 Å². The highest BCUT2D eigenvalue weighted by atomic mass is 19.1. The molecule has 2 aromatic rings. The Morgan fingerprint density at radius 3 is 2.61 bits per heavy atom. The van der Waals surface area contributed by atoms with Gasteiger partial charge in [-0.25, -0.2) is 4.39 Å². The van der Waals surface area contributed by atoms with Crippen LogP contribution in [0.3, 0.4) is 0 Å². The number of likely N-dealkylation sites (tertiary alicyclic amines) is 1. The van der Waals surface area contributed by atoms with Crippen LogP contribution < -0.4 is 0 Å². The number of ether oxygens (including phenoxy) is 1. The number of piperidine rings is 1. The molecule has 0 N–H and O–H groups in total. The number of hydrogen-bond donors (Lipinski definition) is 0. The minimum atomic E-state index is -0.628. The van der Waals surface area contributed by atoms with Crippen molar-refractivity contribution in [1.29, 1.82) is 0 Å². The second kappa shape index (κ2) is 7.36. The Morgan fingerprint density at radius 1 is 1.18 bits per heavy atom. The fraction of sp³-hybridized carbons (Fsp3) is 0.364. The molecule has 2 saturated heterocycles. The van der Waals surface area contributed by atoms with Crippen LogP contribution in [0.4, 0.5) is 4.39 Å². The summed E-state index contributed by atoms with van der Waals surface area (Å²) in [4.78, 5) is 29.0. The third kappa shape index (κ3) is 3.52. The highest BCUT2D eigenvalue weighted by molar-refractivity contribution is 5.94. The van der Waals surface area contributed by atoms with E-state index in [2.05, 4.69) is 0 Å². The average molecular weight is 382 g/mol. The van der Waals surface area contributed by atoms with Crippen LogP contribution in [0.5, 0.6) is 0 Å². The molecule has 2 aromatic carbocycles. The van der Waals surface area contributed by atoms with Gasteiger partial charge in [0.25, 0.3) is 5.91 Å². The van der Waals surface area contributed by atoms with Gasteiger partial charge in [-0.1, -0.05) is 30.3 Å². The molecule has 2 aliphatic rings. The predicted molar refractivity (Wildman–Crippen MR) is 102 cm³/mol. The van der Waals surface area contributed by atoms with Gasteiger partial charge < -0.3 is 14.5 Å². The van der Waals surface area contributed by atoms with E-state index in [-0.39, 0.29) is 30.3 Å². The van der Waals surface area contributed by atoms with Crippen molar-refractivity contribution >= 4 is 11.8 Å². The maximum atomic E-state index is 13.2. The summed E-state index contributed by atoms with van der Waals surface area (Å²) in [7, 11) is 0. The monoisotopic (exact) mass is 382 g/mol. The van der Waals surface area contributed by atoms with Crippen LogP contribution in [0.15, 0.2) is 54.6 Å². The van der Waals surface area contributed by atoms with Gasteiger partial charge in [0.1, 0.15) is 18.0 Å². The molecule has 0 aromatic heterocycles. The molecule has 6 heteroatoms. The number of benzene rings is 2. The van der Waals surface area contributed by atoms with E-state index in [0.29, 0.717) is 31.6 Å². The van der Waals surface area contributed by atoms with Crippen LogP contribution in [0.1, 0.15) is 29.3 Å². The van der Waals surface area contributed by atoms with Crippen LogP contribution in [0.25, 0.3) is 0 Å². The molecule has 0 unspecified atom stereocenters. The average Bonchev–Trinajstić information content (AvgIpc) is 2.71. The number of carbonyl (C=O) groups is 2. The second-order valence-corrected chi connectivity index (χ2v) is 7.65. The zero-order chi connectivity index (χ0) is 19.7. The van der Waals surface area contributed by atoms with E-state index >= 15 is 0 Å². The summed E-state index contributed by atoms with van der Waals surface area (Å²) in [6, 6.07) is 15.4. The Morgan fingerprint density at radius 2 is 1.89 bits per heavy atom. The zero-order valence-corrected chi connectivity index (χ0v) is 15.8. The molecule has 2 amide bonds. The molecule has 146 valence electrons. The van der Waals surface area contributed by atoms with Crippen LogP contribution >= 0.6 is 0 Å². The first-order chi connectivity index (χ1) is 13.5. The Hall–Kier alpha value is -2.73. The molecule has 2 aliphatic heterocycles. The van der Waals surface area contributed by atoms with E-state index in [1.807, 2.05) is 42.2 Å². The number of carbonyl (C=O) groups excluding carboxylic acids is 2. The first-order valence-electron chi connectivity index (χ1n) is 9.48. The largest absolute Gasteiger partial charge is 0.361 e. The number of nitrogens with zero attached hydrogens (tertiary/aromatic N) is 2. The number of rotatable bonds is 3. The van der Waals surface area contributed by atoms with Gasteiger partial charge in [-0.3, -0.25) is 9.59 Å². The maximum absolute atomic E-state index is 13.2. The minimum Gasteiger partial charge on any atom is -0.361 e. The second-order valence-electron chi connectivity index (χ2n) is 7.65. The van der Waals surface area contributed by atoms with Crippen molar-refractivity contribution in [3.05, 3.63) is 71.5 Å². The molecule has 0 spiro atoms. The van der Waals surface area contributed by atoms with Crippen LogP contribution in [0, 0.1) is 5.82 Å². The van der Waals surface area contributed by atoms with E-state index < -0.39 is 5.60 Å². The van der Waals surface area contributed by atoms with Gasteiger partial charge in [0.2, 0.25) is 5.91 Å². The van der Waals surface area contributed by atoms with Crippen molar-refractivity contribution in [1.82, 2.24) is 9.80 Å². The molecule has 2 fully saturated rings. The molecule has 5 nitrogen and oxygen atoms in total. The number of fused-ring (bicyclic) bond motifs is 1.